The van der Waals surface area contributed by atoms with Gasteiger partial charge in [0.2, 0.25) is 11.8 Å². The molecular weight excluding hydrogens is 266 g/mol. The van der Waals surface area contributed by atoms with Gasteiger partial charge in [-0.25, -0.2) is 0 Å². The fourth-order valence-electron chi connectivity index (χ4n) is 1.50. The maximum absolute atomic E-state index is 11.9. The summed E-state index contributed by atoms with van der Waals surface area (Å²) in [6, 6.07) is 7.39. The normalized spacial score (nSPS) is 11.3. The minimum absolute atomic E-state index is 0.0625. The SMILES string of the molecule is CC(C)NCC(=O)Nc1cccc(NC(=O)C(C)(C)C)c1. The molecule has 0 heterocycles. The number of anilines is 2. The molecule has 5 heteroatoms. The topological polar surface area (TPSA) is 70.2 Å². The summed E-state index contributed by atoms with van der Waals surface area (Å²) in [6.45, 7) is 9.78. The summed E-state index contributed by atoms with van der Waals surface area (Å²) in [5, 5.41) is 8.69. The fourth-order valence-corrected chi connectivity index (χ4v) is 1.50. The van der Waals surface area contributed by atoms with E-state index in [0.717, 1.165) is 0 Å². The van der Waals surface area contributed by atoms with E-state index in [9.17, 15) is 9.59 Å². The van der Waals surface area contributed by atoms with Gasteiger partial charge in [0.05, 0.1) is 6.54 Å². The highest BCUT2D eigenvalue weighted by Crippen LogP contribution is 2.19. The summed E-state index contributed by atoms with van der Waals surface area (Å²) >= 11 is 0. The predicted octanol–water partition coefficient (Wildman–Crippen LogP) is 2.61. The van der Waals surface area contributed by atoms with Crippen molar-refractivity contribution in [1.82, 2.24) is 5.32 Å². The number of hydrogen-bond acceptors (Lipinski definition) is 3. The van der Waals surface area contributed by atoms with E-state index < -0.39 is 5.41 Å². The zero-order valence-corrected chi connectivity index (χ0v) is 13.4. The Morgan fingerprint density at radius 1 is 1.10 bits per heavy atom. The van der Waals surface area contributed by atoms with Crippen LogP contribution in [0, 0.1) is 5.41 Å². The number of carbonyl (C=O) groups is 2. The smallest absolute Gasteiger partial charge is 0.238 e. The molecule has 0 radical (unpaired) electrons. The van der Waals surface area contributed by atoms with E-state index in [1.54, 1.807) is 24.3 Å². The van der Waals surface area contributed by atoms with Crippen molar-refractivity contribution >= 4 is 23.2 Å². The Hall–Kier alpha value is -1.88. The van der Waals surface area contributed by atoms with Gasteiger partial charge in [-0.1, -0.05) is 40.7 Å². The molecule has 116 valence electrons. The van der Waals surface area contributed by atoms with Gasteiger partial charge in [-0.3, -0.25) is 9.59 Å². The van der Waals surface area contributed by atoms with Crippen LogP contribution in [0.4, 0.5) is 11.4 Å². The van der Waals surface area contributed by atoms with Crippen LogP contribution in [0.15, 0.2) is 24.3 Å². The van der Waals surface area contributed by atoms with Crippen molar-refractivity contribution in [2.24, 2.45) is 5.41 Å². The van der Waals surface area contributed by atoms with Crippen LogP contribution in [-0.2, 0) is 9.59 Å². The van der Waals surface area contributed by atoms with Crippen LogP contribution >= 0.6 is 0 Å². The minimum atomic E-state index is -0.458. The molecule has 0 spiro atoms. The van der Waals surface area contributed by atoms with E-state index in [-0.39, 0.29) is 24.4 Å². The Labute approximate surface area is 126 Å². The molecule has 0 saturated heterocycles. The van der Waals surface area contributed by atoms with Crippen molar-refractivity contribution in [2.75, 3.05) is 17.2 Å². The largest absolute Gasteiger partial charge is 0.326 e. The maximum Gasteiger partial charge on any atom is 0.238 e. The second-order valence-corrected chi connectivity index (χ2v) is 6.37. The van der Waals surface area contributed by atoms with Crippen molar-refractivity contribution < 1.29 is 9.59 Å². The molecule has 0 aliphatic heterocycles. The van der Waals surface area contributed by atoms with E-state index in [0.29, 0.717) is 11.4 Å². The molecule has 0 aliphatic rings. The highest BCUT2D eigenvalue weighted by molar-refractivity contribution is 5.96. The highest BCUT2D eigenvalue weighted by atomic mass is 16.2. The molecule has 1 aromatic carbocycles. The van der Waals surface area contributed by atoms with E-state index in [1.807, 2.05) is 34.6 Å². The Kier molecular flexibility index (Phi) is 5.90. The lowest BCUT2D eigenvalue weighted by atomic mass is 9.95. The number of hydrogen-bond donors (Lipinski definition) is 3. The van der Waals surface area contributed by atoms with Gasteiger partial charge >= 0.3 is 0 Å². The van der Waals surface area contributed by atoms with Gasteiger partial charge in [-0.15, -0.1) is 0 Å². The van der Waals surface area contributed by atoms with Gasteiger partial charge in [0.15, 0.2) is 0 Å². The summed E-state index contributed by atoms with van der Waals surface area (Å²) in [5.41, 5.74) is 0.877. The molecule has 0 saturated carbocycles. The summed E-state index contributed by atoms with van der Waals surface area (Å²) in [4.78, 5) is 23.7. The number of nitrogens with one attached hydrogen (secondary N) is 3. The molecule has 5 nitrogen and oxygen atoms in total. The molecule has 0 bridgehead atoms. The quantitative estimate of drug-likeness (QED) is 0.781. The molecule has 0 aromatic heterocycles. The van der Waals surface area contributed by atoms with Gasteiger partial charge < -0.3 is 16.0 Å². The molecule has 0 fully saturated rings. The van der Waals surface area contributed by atoms with Crippen LogP contribution in [0.5, 0.6) is 0 Å². The third-order valence-corrected chi connectivity index (χ3v) is 2.76. The first-order valence-electron chi connectivity index (χ1n) is 7.13. The Morgan fingerprint density at radius 2 is 1.67 bits per heavy atom. The molecule has 1 aromatic rings. The maximum atomic E-state index is 11.9. The van der Waals surface area contributed by atoms with Gasteiger partial charge in [0.25, 0.3) is 0 Å². The second-order valence-electron chi connectivity index (χ2n) is 6.37. The van der Waals surface area contributed by atoms with Gasteiger partial charge in [-0.2, -0.15) is 0 Å². The first-order valence-corrected chi connectivity index (χ1v) is 7.13. The van der Waals surface area contributed by atoms with Crippen molar-refractivity contribution in [3.63, 3.8) is 0 Å². The molecule has 0 unspecified atom stereocenters. The molecule has 3 N–H and O–H groups in total. The lowest BCUT2D eigenvalue weighted by Crippen LogP contribution is -2.32. The van der Waals surface area contributed by atoms with E-state index >= 15 is 0 Å². The molecule has 1 rings (SSSR count). The van der Waals surface area contributed by atoms with Gasteiger partial charge in [-0.05, 0) is 18.2 Å². The van der Waals surface area contributed by atoms with Gasteiger partial charge in [0, 0.05) is 22.8 Å². The fraction of sp³-hybridized carbons (Fsp3) is 0.500. The minimum Gasteiger partial charge on any atom is -0.326 e. The third kappa shape index (κ3) is 6.40. The van der Waals surface area contributed by atoms with Crippen LogP contribution in [0.1, 0.15) is 34.6 Å². The number of amides is 2. The average Bonchev–Trinajstić information content (AvgIpc) is 2.35. The van der Waals surface area contributed by atoms with E-state index in [1.165, 1.54) is 0 Å². The molecule has 0 aliphatic carbocycles. The number of rotatable bonds is 5. The summed E-state index contributed by atoms with van der Waals surface area (Å²) in [7, 11) is 0. The summed E-state index contributed by atoms with van der Waals surface area (Å²) < 4.78 is 0. The molecule has 0 atom stereocenters. The van der Waals surface area contributed by atoms with E-state index in [4.69, 9.17) is 0 Å². The van der Waals surface area contributed by atoms with Crippen LogP contribution in [0.25, 0.3) is 0 Å². The zero-order chi connectivity index (χ0) is 16.0. The molecule has 21 heavy (non-hydrogen) atoms. The van der Waals surface area contributed by atoms with Crippen LogP contribution < -0.4 is 16.0 Å². The monoisotopic (exact) mass is 291 g/mol. The summed E-state index contributed by atoms with van der Waals surface area (Å²) in [5.74, 6) is -0.171. The van der Waals surface area contributed by atoms with Crippen LogP contribution in [0.3, 0.4) is 0 Å². The lowest BCUT2D eigenvalue weighted by molar-refractivity contribution is -0.123. The Bertz CT molecular complexity index is 504. The molecular formula is C16H25N3O2. The van der Waals surface area contributed by atoms with E-state index in [2.05, 4.69) is 16.0 Å². The number of benzene rings is 1. The van der Waals surface area contributed by atoms with Crippen molar-refractivity contribution in [3.8, 4) is 0 Å². The first-order chi connectivity index (χ1) is 9.68. The van der Waals surface area contributed by atoms with Crippen LogP contribution in [0.2, 0.25) is 0 Å². The first kappa shape index (κ1) is 17.2. The second kappa shape index (κ2) is 7.22. The highest BCUT2D eigenvalue weighted by Gasteiger charge is 2.21. The Balaban J connectivity index is 2.64. The Morgan fingerprint density at radius 3 is 2.19 bits per heavy atom. The summed E-state index contributed by atoms with van der Waals surface area (Å²) in [6.07, 6.45) is 0. The third-order valence-electron chi connectivity index (χ3n) is 2.76. The average molecular weight is 291 g/mol. The predicted molar refractivity (Wildman–Crippen MR) is 86.3 cm³/mol. The van der Waals surface area contributed by atoms with Crippen molar-refractivity contribution in [2.45, 2.75) is 40.7 Å². The van der Waals surface area contributed by atoms with Gasteiger partial charge in [0.1, 0.15) is 0 Å². The van der Waals surface area contributed by atoms with Crippen LogP contribution in [-0.4, -0.2) is 24.4 Å². The van der Waals surface area contributed by atoms with Crippen molar-refractivity contribution in [1.29, 1.82) is 0 Å². The zero-order valence-electron chi connectivity index (χ0n) is 13.4. The number of carbonyl (C=O) groups excluding carboxylic acids is 2. The lowest BCUT2D eigenvalue weighted by Gasteiger charge is -2.18. The molecule has 2 amide bonds. The standard InChI is InChI=1S/C16H25N3O2/c1-11(2)17-10-14(20)18-12-7-6-8-13(9-12)19-15(21)16(3,4)5/h6-9,11,17H,10H2,1-5H3,(H,18,20)(H,19,21). The van der Waals surface area contributed by atoms with Crippen molar-refractivity contribution in [3.05, 3.63) is 24.3 Å².